The van der Waals surface area contributed by atoms with Gasteiger partial charge in [0.15, 0.2) is 0 Å². The van der Waals surface area contributed by atoms with Gasteiger partial charge in [0.05, 0.1) is 10.6 Å². The summed E-state index contributed by atoms with van der Waals surface area (Å²) in [6.07, 6.45) is 2.74. The van der Waals surface area contributed by atoms with Crippen molar-refractivity contribution in [2.45, 2.75) is 45.6 Å². The molecule has 1 N–H and O–H groups in total. The van der Waals surface area contributed by atoms with E-state index in [0.29, 0.717) is 10.6 Å². The molecule has 0 aromatic heterocycles. The van der Waals surface area contributed by atoms with E-state index in [-0.39, 0.29) is 11.4 Å². The standard InChI is InChI=1S/C14H19BrClNO/c1-4-14(5-2,6-3)17-13(18)10-8-7-9-11(15)12(10)16/h7-9H,4-6H2,1-3H3,(H,17,18). The van der Waals surface area contributed by atoms with Crippen LogP contribution in [0.2, 0.25) is 5.02 Å². The highest BCUT2D eigenvalue weighted by Gasteiger charge is 2.27. The molecular weight excluding hydrogens is 314 g/mol. The SMILES string of the molecule is CCC(CC)(CC)NC(=O)c1cccc(Br)c1Cl. The van der Waals surface area contributed by atoms with E-state index in [9.17, 15) is 4.79 Å². The molecule has 0 unspecified atom stereocenters. The van der Waals surface area contributed by atoms with Gasteiger partial charge in [-0.05, 0) is 47.3 Å². The number of nitrogens with one attached hydrogen (secondary N) is 1. The maximum absolute atomic E-state index is 12.3. The van der Waals surface area contributed by atoms with Gasteiger partial charge in [-0.3, -0.25) is 4.79 Å². The van der Waals surface area contributed by atoms with Gasteiger partial charge in [-0.1, -0.05) is 38.4 Å². The summed E-state index contributed by atoms with van der Waals surface area (Å²) in [4.78, 5) is 12.3. The highest BCUT2D eigenvalue weighted by molar-refractivity contribution is 9.10. The number of benzene rings is 1. The third-order valence-electron chi connectivity index (χ3n) is 3.61. The van der Waals surface area contributed by atoms with Crippen LogP contribution in [0.5, 0.6) is 0 Å². The molecule has 0 heterocycles. The Morgan fingerprint density at radius 2 is 1.83 bits per heavy atom. The summed E-state index contributed by atoms with van der Waals surface area (Å²) in [7, 11) is 0. The average Bonchev–Trinajstić information content (AvgIpc) is 2.39. The first-order valence-electron chi connectivity index (χ1n) is 6.26. The van der Waals surface area contributed by atoms with Crippen LogP contribution in [-0.2, 0) is 0 Å². The van der Waals surface area contributed by atoms with Gasteiger partial charge in [-0.2, -0.15) is 0 Å². The van der Waals surface area contributed by atoms with Crippen molar-refractivity contribution in [2.75, 3.05) is 0 Å². The molecular formula is C14H19BrClNO. The van der Waals surface area contributed by atoms with Crippen molar-refractivity contribution in [3.05, 3.63) is 33.3 Å². The van der Waals surface area contributed by atoms with Crippen molar-refractivity contribution < 1.29 is 4.79 Å². The molecule has 0 fully saturated rings. The number of rotatable bonds is 5. The molecule has 0 aliphatic heterocycles. The van der Waals surface area contributed by atoms with Crippen LogP contribution in [0.3, 0.4) is 0 Å². The van der Waals surface area contributed by atoms with Crippen molar-refractivity contribution in [3.8, 4) is 0 Å². The number of halogens is 2. The Labute approximate surface area is 122 Å². The van der Waals surface area contributed by atoms with E-state index in [1.54, 1.807) is 6.07 Å². The predicted molar refractivity (Wildman–Crippen MR) is 80.2 cm³/mol. The Balaban J connectivity index is 2.98. The van der Waals surface area contributed by atoms with Gasteiger partial charge in [-0.15, -0.1) is 0 Å². The molecule has 1 aromatic rings. The molecule has 1 rings (SSSR count). The minimum absolute atomic E-state index is 0.105. The third-order valence-corrected chi connectivity index (χ3v) is 4.90. The molecule has 100 valence electrons. The summed E-state index contributed by atoms with van der Waals surface area (Å²) >= 11 is 9.47. The third kappa shape index (κ3) is 3.27. The highest BCUT2D eigenvalue weighted by Crippen LogP contribution is 2.27. The van der Waals surface area contributed by atoms with Crippen molar-refractivity contribution in [1.29, 1.82) is 0 Å². The van der Waals surface area contributed by atoms with Gasteiger partial charge in [0.1, 0.15) is 0 Å². The monoisotopic (exact) mass is 331 g/mol. The van der Waals surface area contributed by atoms with Crippen LogP contribution in [0.1, 0.15) is 50.4 Å². The molecule has 0 saturated carbocycles. The number of carbonyl (C=O) groups excluding carboxylic acids is 1. The first-order valence-corrected chi connectivity index (χ1v) is 7.43. The number of hydrogen-bond acceptors (Lipinski definition) is 1. The lowest BCUT2D eigenvalue weighted by molar-refractivity contribution is 0.0888. The van der Waals surface area contributed by atoms with Gasteiger partial charge < -0.3 is 5.32 Å². The molecule has 1 amide bonds. The van der Waals surface area contributed by atoms with Crippen LogP contribution in [0.25, 0.3) is 0 Å². The minimum Gasteiger partial charge on any atom is -0.347 e. The summed E-state index contributed by atoms with van der Waals surface area (Å²) < 4.78 is 0.743. The largest absolute Gasteiger partial charge is 0.347 e. The topological polar surface area (TPSA) is 29.1 Å². The van der Waals surface area contributed by atoms with Gasteiger partial charge in [0.2, 0.25) is 0 Å². The number of amides is 1. The fraction of sp³-hybridized carbons (Fsp3) is 0.500. The van der Waals surface area contributed by atoms with Crippen LogP contribution >= 0.6 is 27.5 Å². The Morgan fingerprint density at radius 3 is 2.33 bits per heavy atom. The molecule has 4 heteroatoms. The molecule has 0 saturated heterocycles. The van der Waals surface area contributed by atoms with E-state index >= 15 is 0 Å². The number of carbonyl (C=O) groups is 1. The second-order valence-electron chi connectivity index (χ2n) is 4.40. The zero-order valence-corrected chi connectivity index (χ0v) is 13.4. The molecule has 0 aliphatic rings. The van der Waals surface area contributed by atoms with E-state index in [2.05, 4.69) is 42.0 Å². The van der Waals surface area contributed by atoms with E-state index in [1.165, 1.54) is 0 Å². The van der Waals surface area contributed by atoms with Crippen molar-refractivity contribution in [1.82, 2.24) is 5.32 Å². The highest BCUT2D eigenvalue weighted by atomic mass is 79.9. The van der Waals surface area contributed by atoms with Crippen LogP contribution in [0, 0.1) is 0 Å². The zero-order chi connectivity index (χ0) is 13.8. The molecule has 0 atom stereocenters. The molecule has 0 bridgehead atoms. The molecule has 0 aliphatic carbocycles. The molecule has 0 spiro atoms. The maximum Gasteiger partial charge on any atom is 0.253 e. The molecule has 1 aromatic carbocycles. The van der Waals surface area contributed by atoms with Crippen molar-refractivity contribution >= 4 is 33.4 Å². The second kappa shape index (κ2) is 6.58. The van der Waals surface area contributed by atoms with E-state index < -0.39 is 0 Å². The Bertz CT molecular complexity index is 422. The zero-order valence-electron chi connectivity index (χ0n) is 11.0. The first kappa shape index (κ1) is 15.5. The first-order chi connectivity index (χ1) is 8.49. The quantitative estimate of drug-likeness (QED) is 0.824. The lowest BCUT2D eigenvalue weighted by Gasteiger charge is -2.32. The second-order valence-corrected chi connectivity index (χ2v) is 5.63. The van der Waals surface area contributed by atoms with Crippen LogP contribution in [0.4, 0.5) is 0 Å². The lowest BCUT2D eigenvalue weighted by Crippen LogP contribution is -2.47. The maximum atomic E-state index is 12.3. The van der Waals surface area contributed by atoms with E-state index in [4.69, 9.17) is 11.6 Å². The van der Waals surface area contributed by atoms with E-state index in [1.807, 2.05) is 12.1 Å². The summed E-state index contributed by atoms with van der Waals surface area (Å²) in [6.45, 7) is 6.28. The van der Waals surface area contributed by atoms with Gasteiger partial charge in [-0.25, -0.2) is 0 Å². The Hall–Kier alpha value is -0.540. The van der Waals surface area contributed by atoms with Crippen LogP contribution in [0.15, 0.2) is 22.7 Å². The van der Waals surface area contributed by atoms with E-state index in [0.717, 1.165) is 23.7 Å². The molecule has 0 radical (unpaired) electrons. The smallest absolute Gasteiger partial charge is 0.253 e. The fourth-order valence-electron chi connectivity index (χ4n) is 2.00. The van der Waals surface area contributed by atoms with Gasteiger partial charge >= 0.3 is 0 Å². The van der Waals surface area contributed by atoms with Gasteiger partial charge in [0, 0.05) is 10.0 Å². The predicted octanol–water partition coefficient (Wildman–Crippen LogP) is 4.80. The lowest BCUT2D eigenvalue weighted by atomic mass is 9.89. The summed E-state index contributed by atoms with van der Waals surface area (Å²) in [5, 5.41) is 3.58. The summed E-state index contributed by atoms with van der Waals surface area (Å²) in [6, 6.07) is 5.39. The van der Waals surface area contributed by atoms with Crippen LogP contribution in [-0.4, -0.2) is 11.4 Å². The van der Waals surface area contributed by atoms with Crippen LogP contribution < -0.4 is 5.32 Å². The molecule has 18 heavy (non-hydrogen) atoms. The number of hydrogen-bond donors (Lipinski definition) is 1. The Morgan fingerprint density at radius 1 is 1.28 bits per heavy atom. The Kier molecular flexibility index (Phi) is 5.67. The average molecular weight is 333 g/mol. The van der Waals surface area contributed by atoms with Gasteiger partial charge in [0.25, 0.3) is 5.91 Å². The minimum atomic E-state index is -0.136. The van der Waals surface area contributed by atoms with Crippen molar-refractivity contribution in [2.24, 2.45) is 0 Å². The summed E-state index contributed by atoms with van der Waals surface area (Å²) in [5.41, 5.74) is 0.383. The summed E-state index contributed by atoms with van der Waals surface area (Å²) in [5.74, 6) is -0.105. The fourth-order valence-corrected chi connectivity index (χ4v) is 2.58. The molecule has 2 nitrogen and oxygen atoms in total. The van der Waals surface area contributed by atoms with Crippen molar-refractivity contribution in [3.63, 3.8) is 0 Å². The normalized spacial score (nSPS) is 11.4.